The predicted octanol–water partition coefficient (Wildman–Crippen LogP) is 3.89. The van der Waals surface area contributed by atoms with Gasteiger partial charge >= 0.3 is 0 Å². The van der Waals surface area contributed by atoms with Crippen molar-refractivity contribution in [2.24, 2.45) is 0 Å². The average Bonchev–Trinajstić information content (AvgIpc) is 2.91. The van der Waals surface area contributed by atoms with E-state index in [0.717, 1.165) is 27.6 Å². The zero-order valence-corrected chi connectivity index (χ0v) is 22.7. The molecule has 0 radical (unpaired) electrons. The molecule has 0 fully saturated rings. The molecule has 0 saturated carbocycles. The molecular weight excluding hydrogens is 509 g/mol. The number of anilines is 1. The van der Waals surface area contributed by atoms with E-state index in [-0.39, 0.29) is 17.1 Å². The highest BCUT2D eigenvalue weighted by atomic mass is 32.2. The van der Waals surface area contributed by atoms with E-state index in [4.69, 9.17) is 4.74 Å². The van der Waals surface area contributed by atoms with Gasteiger partial charge in [0, 0.05) is 13.6 Å². The van der Waals surface area contributed by atoms with Gasteiger partial charge in [-0.2, -0.15) is 0 Å². The van der Waals surface area contributed by atoms with E-state index >= 15 is 0 Å². The number of rotatable bonds is 11. The number of ether oxygens (including phenoxy) is 1. The first-order valence-electron chi connectivity index (χ1n) is 12.1. The predicted molar refractivity (Wildman–Crippen MR) is 144 cm³/mol. The van der Waals surface area contributed by atoms with E-state index in [2.05, 4.69) is 5.32 Å². The summed E-state index contributed by atoms with van der Waals surface area (Å²) < 4.78 is 47.5. The van der Waals surface area contributed by atoms with Gasteiger partial charge in [0.15, 0.2) is 0 Å². The van der Waals surface area contributed by atoms with Gasteiger partial charge in [-0.15, -0.1) is 0 Å². The number of hydrogen-bond donors (Lipinski definition) is 1. The number of nitrogens with zero attached hydrogens (tertiary/aromatic N) is 2. The Bertz CT molecular complexity index is 1360. The lowest BCUT2D eigenvalue weighted by Gasteiger charge is -2.32. The molecule has 3 aromatic carbocycles. The van der Waals surface area contributed by atoms with Gasteiger partial charge in [0.2, 0.25) is 11.8 Å². The summed E-state index contributed by atoms with van der Waals surface area (Å²) in [5.41, 5.74) is 1.85. The lowest BCUT2D eigenvalue weighted by atomic mass is 10.1. The standard InChI is InChI=1S/C28H32FN3O5S/c1-5-37-25-14-16-26(17-15-25)38(35,36)32(24-12-10-23(29)11-13-24)19-27(33)31(21(3)28(34)30-4)18-22-9-7-6-8-20(22)2/h6-17,21H,5,18-19H2,1-4H3,(H,30,34)/t21-/m0/s1. The van der Waals surface area contributed by atoms with E-state index in [0.29, 0.717) is 12.4 Å². The second-order valence-electron chi connectivity index (χ2n) is 8.63. The van der Waals surface area contributed by atoms with Gasteiger partial charge < -0.3 is 15.0 Å². The van der Waals surface area contributed by atoms with Gasteiger partial charge in [-0.3, -0.25) is 13.9 Å². The molecule has 3 rings (SSSR count). The second-order valence-corrected chi connectivity index (χ2v) is 10.5. The number of sulfonamides is 1. The maximum absolute atomic E-state index is 13.8. The van der Waals surface area contributed by atoms with Crippen molar-refractivity contribution in [1.82, 2.24) is 10.2 Å². The van der Waals surface area contributed by atoms with Crippen LogP contribution in [-0.2, 0) is 26.2 Å². The highest BCUT2D eigenvalue weighted by Gasteiger charge is 2.32. The molecule has 0 aliphatic heterocycles. The Kier molecular flexibility index (Phi) is 9.46. The van der Waals surface area contributed by atoms with Gasteiger partial charge in [0.25, 0.3) is 10.0 Å². The van der Waals surface area contributed by atoms with Crippen LogP contribution in [0.1, 0.15) is 25.0 Å². The monoisotopic (exact) mass is 541 g/mol. The van der Waals surface area contributed by atoms with Crippen LogP contribution >= 0.6 is 0 Å². The third-order valence-electron chi connectivity index (χ3n) is 6.13. The number of aryl methyl sites for hydroxylation is 1. The lowest BCUT2D eigenvalue weighted by molar-refractivity contribution is -0.139. The van der Waals surface area contributed by atoms with Crippen LogP contribution in [-0.4, -0.2) is 51.4 Å². The summed E-state index contributed by atoms with van der Waals surface area (Å²) in [6, 6.07) is 17.2. The molecule has 38 heavy (non-hydrogen) atoms. The second kappa shape index (κ2) is 12.6. The normalized spacial score (nSPS) is 11.9. The van der Waals surface area contributed by atoms with Crippen LogP contribution in [0.5, 0.6) is 5.75 Å². The summed E-state index contributed by atoms with van der Waals surface area (Å²) in [7, 11) is -2.78. The number of hydrogen-bond acceptors (Lipinski definition) is 5. The molecular formula is C28H32FN3O5S. The van der Waals surface area contributed by atoms with Gasteiger partial charge in [0.05, 0.1) is 17.2 Å². The summed E-state index contributed by atoms with van der Waals surface area (Å²) in [6.07, 6.45) is 0. The number of carbonyl (C=O) groups excluding carboxylic acids is 2. The molecule has 1 N–H and O–H groups in total. The van der Waals surface area contributed by atoms with Crippen molar-refractivity contribution in [3.63, 3.8) is 0 Å². The Morgan fingerprint density at radius 2 is 1.63 bits per heavy atom. The highest BCUT2D eigenvalue weighted by molar-refractivity contribution is 7.92. The Labute approximate surface area is 223 Å². The van der Waals surface area contributed by atoms with E-state index in [1.807, 2.05) is 38.1 Å². The molecule has 3 aromatic rings. The number of carbonyl (C=O) groups is 2. The first-order valence-corrected chi connectivity index (χ1v) is 13.6. The van der Waals surface area contributed by atoms with Gasteiger partial charge in [0.1, 0.15) is 24.2 Å². The lowest BCUT2D eigenvalue weighted by Crippen LogP contribution is -2.50. The Hall–Kier alpha value is -3.92. The molecule has 2 amide bonds. The first-order chi connectivity index (χ1) is 18.1. The third kappa shape index (κ3) is 6.69. The molecule has 0 aliphatic rings. The largest absolute Gasteiger partial charge is 0.494 e. The van der Waals surface area contributed by atoms with Crippen molar-refractivity contribution in [1.29, 1.82) is 0 Å². The number of nitrogens with one attached hydrogen (secondary N) is 1. The van der Waals surface area contributed by atoms with Gasteiger partial charge in [-0.1, -0.05) is 24.3 Å². The van der Waals surface area contributed by atoms with Gasteiger partial charge in [-0.05, 0) is 80.4 Å². The van der Waals surface area contributed by atoms with Crippen molar-refractivity contribution in [3.8, 4) is 5.75 Å². The fourth-order valence-corrected chi connectivity index (χ4v) is 5.31. The number of likely N-dealkylation sites (N-methyl/N-ethyl adjacent to an activating group) is 1. The van der Waals surface area contributed by atoms with Crippen LogP contribution in [0.25, 0.3) is 0 Å². The van der Waals surface area contributed by atoms with Crippen molar-refractivity contribution in [2.75, 3.05) is 24.5 Å². The number of amides is 2. The van der Waals surface area contributed by atoms with Crippen molar-refractivity contribution >= 4 is 27.5 Å². The fourth-order valence-electron chi connectivity index (χ4n) is 3.90. The van der Waals surface area contributed by atoms with Crippen LogP contribution in [0.2, 0.25) is 0 Å². The fraction of sp³-hybridized carbons (Fsp3) is 0.286. The van der Waals surface area contributed by atoms with Crippen molar-refractivity contribution in [2.45, 2.75) is 38.3 Å². The maximum Gasteiger partial charge on any atom is 0.264 e. The molecule has 0 bridgehead atoms. The molecule has 8 nitrogen and oxygen atoms in total. The van der Waals surface area contributed by atoms with Crippen LogP contribution < -0.4 is 14.4 Å². The Morgan fingerprint density at radius 3 is 2.21 bits per heavy atom. The van der Waals surface area contributed by atoms with E-state index in [1.54, 1.807) is 6.92 Å². The quantitative estimate of drug-likeness (QED) is 0.397. The van der Waals surface area contributed by atoms with Crippen molar-refractivity contribution in [3.05, 3.63) is 89.7 Å². The molecule has 0 aliphatic carbocycles. The molecule has 1 atom stereocenters. The smallest absolute Gasteiger partial charge is 0.264 e. The molecule has 0 saturated heterocycles. The van der Waals surface area contributed by atoms with Crippen LogP contribution in [0.15, 0.2) is 77.7 Å². The SMILES string of the molecule is CCOc1ccc(S(=O)(=O)N(CC(=O)N(Cc2ccccc2C)[C@@H](C)C(=O)NC)c2ccc(F)cc2)cc1. The molecule has 0 unspecified atom stereocenters. The maximum atomic E-state index is 13.8. The zero-order chi connectivity index (χ0) is 27.9. The molecule has 202 valence electrons. The van der Waals surface area contributed by atoms with E-state index in [1.165, 1.54) is 48.3 Å². The average molecular weight is 542 g/mol. The summed E-state index contributed by atoms with van der Waals surface area (Å²) >= 11 is 0. The minimum Gasteiger partial charge on any atom is -0.494 e. The summed E-state index contributed by atoms with van der Waals surface area (Å²) in [4.78, 5) is 27.5. The van der Waals surface area contributed by atoms with Crippen LogP contribution in [0.4, 0.5) is 10.1 Å². The Balaban J connectivity index is 2.02. The highest BCUT2D eigenvalue weighted by Crippen LogP contribution is 2.26. The van der Waals surface area contributed by atoms with E-state index < -0.39 is 40.2 Å². The van der Waals surface area contributed by atoms with E-state index in [9.17, 15) is 22.4 Å². The summed E-state index contributed by atoms with van der Waals surface area (Å²) in [5.74, 6) is -1.04. The summed E-state index contributed by atoms with van der Waals surface area (Å²) in [6.45, 7) is 5.20. The third-order valence-corrected chi connectivity index (χ3v) is 7.92. The van der Waals surface area contributed by atoms with Gasteiger partial charge in [-0.25, -0.2) is 12.8 Å². The minimum absolute atomic E-state index is 0.0668. The van der Waals surface area contributed by atoms with Crippen molar-refractivity contribution < 1.29 is 27.1 Å². The molecule has 0 spiro atoms. The topological polar surface area (TPSA) is 96.0 Å². The molecule has 10 heteroatoms. The molecule has 0 heterocycles. The van der Waals surface area contributed by atoms with Crippen LogP contribution in [0, 0.1) is 12.7 Å². The Morgan fingerprint density at radius 1 is 1.00 bits per heavy atom. The van der Waals surface area contributed by atoms with Crippen LogP contribution in [0.3, 0.4) is 0 Å². The minimum atomic E-state index is -4.25. The number of halogens is 1. The molecule has 0 aromatic heterocycles. The number of benzene rings is 3. The first kappa shape index (κ1) is 28.6. The summed E-state index contributed by atoms with van der Waals surface area (Å²) in [5, 5.41) is 2.55. The zero-order valence-electron chi connectivity index (χ0n) is 21.8.